The smallest absolute Gasteiger partial charge is 0.195 e. The van der Waals surface area contributed by atoms with Gasteiger partial charge in [0.2, 0.25) is 0 Å². The molecule has 3 rings (SSSR count). The molecule has 0 aliphatic heterocycles. The molecule has 0 radical (unpaired) electrons. The van der Waals surface area contributed by atoms with Crippen molar-refractivity contribution in [2.75, 3.05) is 12.4 Å². The Hall–Kier alpha value is -2.78. The summed E-state index contributed by atoms with van der Waals surface area (Å²) in [5, 5.41) is 18.5. The van der Waals surface area contributed by atoms with Crippen LogP contribution in [-0.4, -0.2) is 27.1 Å². The molecule has 1 aromatic heterocycles. The van der Waals surface area contributed by atoms with Gasteiger partial charge < -0.3 is 4.74 Å². The summed E-state index contributed by atoms with van der Waals surface area (Å²) in [4.78, 5) is 0. The highest BCUT2D eigenvalue weighted by atomic mass is 32.2. The molecule has 0 saturated carbocycles. The zero-order chi connectivity index (χ0) is 19.6. The summed E-state index contributed by atoms with van der Waals surface area (Å²) in [6, 6.07) is 20.5. The first kappa shape index (κ1) is 20.0. The van der Waals surface area contributed by atoms with Crippen molar-refractivity contribution in [1.82, 2.24) is 14.8 Å². The van der Waals surface area contributed by atoms with Crippen LogP contribution in [0.4, 0.5) is 0 Å². The molecule has 6 heteroatoms. The highest BCUT2D eigenvalue weighted by Gasteiger charge is 2.15. The minimum absolute atomic E-state index is 0.603. The number of unbranched alkanes of at least 4 members (excludes halogenated alkanes) is 2. The number of aromatic nitrogens is 3. The fourth-order valence-electron chi connectivity index (χ4n) is 2.87. The van der Waals surface area contributed by atoms with E-state index in [4.69, 9.17) is 10.00 Å². The Morgan fingerprint density at radius 1 is 1.04 bits per heavy atom. The summed E-state index contributed by atoms with van der Waals surface area (Å²) >= 11 is 1.69. The van der Waals surface area contributed by atoms with Crippen molar-refractivity contribution in [1.29, 1.82) is 5.26 Å². The lowest BCUT2D eigenvalue weighted by atomic mass is 10.1. The van der Waals surface area contributed by atoms with E-state index in [1.54, 1.807) is 11.8 Å². The van der Waals surface area contributed by atoms with E-state index in [1.165, 1.54) is 5.56 Å². The van der Waals surface area contributed by atoms with Crippen LogP contribution in [0.5, 0.6) is 5.75 Å². The van der Waals surface area contributed by atoms with Gasteiger partial charge in [0.25, 0.3) is 0 Å². The molecule has 28 heavy (non-hydrogen) atoms. The van der Waals surface area contributed by atoms with Crippen LogP contribution in [0.15, 0.2) is 59.8 Å². The number of hydrogen-bond acceptors (Lipinski definition) is 5. The Morgan fingerprint density at radius 2 is 1.82 bits per heavy atom. The number of benzene rings is 2. The third-order valence-corrected chi connectivity index (χ3v) is 5.24. The predicted molar refractivity (Wildman–Crippen MR) is 112 cm³/mol. The molecule has 144 valence electrons. The van der Waals surface area contributed by atoms with E-state index in [0.717, 1.165) is 47.4 Å². The van der Waals surface area contributed by atoms with Crippen molar-refractivity contribution in [3.63, 3.8) is 0 Å². The van der Waals surface area contributed by atoms with Crippen molar-refractivity contribution in [2.24, 2.45) is 0 Å². The van der Waals surface area contributed by atoms with Crippen LogP contribution in [-0.2, 0) is 6.42 Å². The second-order valence-electron chi connectivity index (χ2n) is 6.29. The average Bonchev–Trinajstić information content (AvgIpc) is 3.12. The molecule has 0 amide bonds. The summed E-state index contributed by atoms with van der Waals surface area (Å²) in [7, 11) is 0. The fourth-order valence-corrected chi connectivity index (χ4v) is 3.84. The molecule has 0 unspecified atom stereocenters. The molecule has 0 spiro atoms. The number of thioether (sulfide) groups is 1. The molecule has 0 fully saturated rings. The van der Waals surface area contributed by atoms with E-state index in [9.17, 15) is 0 Å². The first-order chi connectivity index (χ1) is 13.8. The number of nitrogens with zero attached hydrogens (tertiary/aromatic N) is 4. The van der Waals surface area contributed by atoms with Crippen molar-refractivity contribution in [2.45, 2.75) is 37.8 Å². The van der Waals surface area contributed by atoms with E-state index in [0.29, 0.717) is 13.0 Å². The summed E-state index contributed by atoms with van der Waals surface area (Å²) in [6.07, 6.45) is 3.22. The monoisotopic (exact) mass is 392 g/mol. The number of hydrogen-bond donors (Lipinski definition) is 0. The Morgan fingerprint density at radius 3 is 2.54 bits per heavy atom. The van der Waals surface area contributed by atoms with Gasteiger partial charge in [-0.15, -0.1) is 10.2 Å². The van der Waals surface area contributed by atoms with E-state index in [1.807, 2.05) is 49.4 Å². The summed E-state index contributed by atoms with van der Waals surface area (Å²) in [5.74, 6) is 2.69. The van der Waals surface area contributed by atoms with Gasteiger partial charge in [-0.2, -0.15) is 5.26 Å². The van der Waals surface area contributed by atoms with Crippen molar-refractivity contribution in [3.8, 4) is 17.5 Å². The number of nitriles is 1. The van der Waals surface area contributed by atoms with E-state index < -0.39 is 0 Å². The molecule has 0 aliphatic carbocycles. The van der Waals surface area contributed by atoms with Gasteiger partial charge in [0.15, 0.2) is 5.16 Å². The molecule has 5 nitrogen and oxygen atoms in total. The first-order valence-electron chi connectivity index (χ1n) is 9.53. The number of ether oxygens (including phenoxy) is 1. The molecular formula is C22H24N4OS. The lowest BCUT2D eigenvalue weighted by Crippen LogP contribution is -2.04. The third-order valence-electron chi connectivity index (χ3n) is 4.23. The lowest BCUT2D eigenvalue weighted by Gasteiger charge is -2.11. The minimum Gasteiger partial charge on any atom is -0.494 e. The maximum atomic E-state index is 8.69. The molecule has 0 aliphatic rings. The normalized spacial score (nSPS) is 10.6. The molecule has 0 atom stereocenters. The third kappa shape index (κ3) is 5.37. The first-order valence-corrected chi connectivity index (χ1v) is 10.5. The van der Waals surface area contributed by atoms with Crippen molar-refractivity contribution >= 4 is 11.8 Å². The van der Waals surface area contributed by atoms with Crippen LogP contribution in [0.1, 0.15) is 37.6 Å². The highest BCUT2D eigenvalue weighted by Crippen LogP contribution is 2.26. The second-order valence-corrected chi connectivity index (χ2v) is 7.35. The van der Waals surface area contributed by atoms with Crippen LogP contribution >= 0.6 is 11.8 Å². The van der Waals surface area contributed by atoms with E-state index >= 15 is 0 Å². The Balaban J connectivity index is 1.84. The van der Waals surface area contributed by atoms with Crippen molar-refractivity contribution in [3.05, 3.63) is 66.0 Å². The molecule has 3 aromatic rings. The van der Waals surface area contributed by atoms with Crippen LogP contribution in [0.3, 0.4) is 0 Å². The van der Waals surface area contributed by atoms with Gasteiger partial charge in [0.05, 0.1) is 12.7 Å². The molecule has 0 saturated heterocycles. The van der Waals surface area contributed by atoms with Gasteiger partial charge >= 0.3 is 0 Å². The summed E-state index contributed by atoms with van der Waals surface area (Å²) in [5.41, 5.74) is 2.23. The molecule has 0 N–H and O–H groups in total. The summed E-state index contributed by atoms with van der Waals surface area (Å²) < 4.78 is 7.69. The maximum absolute atomic E-state index is 8.69. The Labute approximate surface area is 170 Å². The van der Waals surface area contributed by atoms with Crippen LogP contribution in [0, 0.1) is 11.3 Å². The topological polar surface area (TPSA) is 63.7 Å². The number of rotatable bonds is 10. The molecule has 0 bridgehead atoms. The highest BCUT2D eigenvalue weighted by molar-refractivity contribution is 7.99. The van der Waals surface area contributed by atoms with Gasteiger partial charge in [-0.3, -0.25) is 4.57 Å². The largest absolute Gasteiger partial charge is 0.494 e. The Kier molecular flexibility index (Phi) is 7.51. The predicted octanol–water partition coefficient (Wildman–Crippen LogP) is 5.04. The fraction of sp³-hybridized carbons (Fsp3) is 0.318. The second kappa shape index (κ2) is 10.5. The van der Waals surface area contributed by atoms with Gasteiger partial charge in [-0.05, 0) is 49.6 Å². The molecule has 2 aromatic carbocycles. The lowest BCUT2D eigenvalue weighted by molar-refractivity contribution is 0.340. The maximum Gasteiger partial charge on any atom is 0.195 e. The van der Waals surface area contributed by atoms with E-state index in [2.05, 4.69) is 33.0 Å². The average molecular weight is 393 g/mol. The van der Waals surface area contributed by atoms with Crippen molar-refractivity contribution < 1.29 is 4.74 Å². The minimum atomic E-state index is 0.603. The zero-order valence-corrected chi connectivity index (χ0v) is 16.9. The van der Waals surface area contributed by atoms with Gasteiger partial charge in [-0.1, -0.05) is 42.1 Å². The molecule has 1 heterocycles. The van der Waals surface area contributed by atoms with E-state index in [-0.39, 0.29) is 0 Å². The van der Waals surface area contributed by atoms with Crippen LogP contribution in [0.25, 0.3) is 5.69 Å². The zero-order valence-electron chi connectivity index (χ0n) is 16.0. The quantitative estimate of drug-likeness (QED) is 0.357. The Bertz CT molecular complexity index is 901. The molecular weight excluding hydrogens is 368 g/mol. The van der Waals surface area contributed by atoms with Crippen LogP contribution in [0.2, 0.25) is 0 Å². The van der Waals surface area contributed by atoms with Crippen LogP contribution < -0.4 is 4.74 Å². The van der Waals surface area contributed by atoms with Gasteiger partial charge in [0.1, 0.15) is 11.6 Å². The SMILES string of the molecule is CCOc1ccc(-n2c(Cc3ccccc3)nnc2SCCCCC#N)cc1. The van der Waals surface area contributed by atoms with Gasteiger partial charge in [-0.25, -0.2) is 0 Å². The standard InChI is InChI=1S/C22H24N4OS/c1-2-27-20-13-11-19(12-14-20)26-21(17-18-9-5-3-6-10-18)24-25-22(26)28-16-8-4-7-15-23/h3,5-6,9-14H,2,4,7-8,16-17H2,1H3. The summed E-state index contributed by atoms with van der Waals surface area (Å²) in [6.45, 7) is 2.63. The van der Waals surface area contributed by atoms with Gasteiger partial charge in [0, 0.05) is 24.3 Å².